The predicted octanol–water partition coefficient (Wildman–Crippen LogP) is 2.03. The average molecular weight is 319 g/mol. The predicted molar refractivity (Wildman–Crippen MR) is 93.2 cm³/mol. The summed E-state index contributed by atoms with van der Waals surface area (Å²) in [7, 11) is 1.97. The molecule has 0 fully saturated rings. The number of nitrogen functional groups attached to an aromatic ring is 1. The van der Waals surface area contributed by atoms with E-state index in [1.165, 1.54) is 0 Å². The van der Waals surface area contributed by atoms with Crippen LogP contribution in [-0.4, -0.2) is 30.3 Å². The number of aromatic nitrogens is 5. The summed E-state index contributed by atoms with van der Waals surface area (Å²) in [5.74, 6) is 1.76. The van der Waals surface area contributed by atoms with Gasteiger partial charge in [-0.1, -0.05) is 0 Å². The van der Waals surface area contributed by atoms with Crippen molar-refractivity contribution in [1.82, 2.24) is 24.5 Å². The molecule has 7 heteroatoms. The molecule has 4 N–H and O–H groups in total. The normalized spacial score (nSPS) is 11.4. The second-order valence-electron chi connectivity index (χ2n) is 5.89. The van der Waals surface area contributed by atoms with Gasteiger partial charge in [-0.05, 0) is 36.8 Å². The Labute approximate surface area is 138 Å². The summed E-state index contributed by atoms with van der Waals surface area (Å²) in [6.07, 6.45) is 2.38. The zero-order chi connectivity index (χ0) is 16.8. The first-order valence-corrected chi connectivity index (χ1v) is 7.63. The van der Waals surface area contributed by atoms with Crippen molar-refractivity contribution in [2.75, 3.05) is 0 Å². The molecule has 0 bridgehead atoms. The van der Waals surface area contributed by atoms with Gasteiger partial charge in [0.2, 0.25) is 0 Å². The summed E-state index contributed by atoms with van der Waals surface area (Å²) in [4.78, 5) is 17.0. The lowest BCUT2D eigenvalue weighted by Gasteiger charge is -1.99. The van der Waals surface area contributed by atoms with Gasteiger partial charge in [-0.25, -0.2) is 15.0 Å². The van der Waals surface area contributed by atoms with Crippen molar-refractivity contribution in [3.63, 3.8) is 0 Å². The quantitative estimate of drug-likeness (QED) is 0.396. The fraction of sp³-hybridized carbons (Fsp3) is 0.176. The molecule has 3 aromatic heterocycles. The van der Waals surface area contributed by atoms with E-state index in [1.807, 2.05) is 42.8 Å². The van der Waals surface area contributed by atoms with Crippen molar-refractivity contribution in [3.8, 4) is 0 Å². The summed E-state index contributed by atoms with van der Waals surface area (Å²) in [6.45, 7) is 2.03. The number of hydrogen-bond donors (Lipinski definition) is 3. The van der Waals surface area contributed by atoms with Gasteiger partial charge in [0.1, 0.15) is 23.0 Å². The topological polar surface area (TPSA) is 109 Å². The molecule has 7 nitrogen and oxygen atoms in total. The number of benzene rings is 1. The number of H-pyrrole nitrogens is 1. The van der Waals surface area contributed by atoms with Gasteiger partial charge in [-0.15, -0.1) is 0 Å². The number of pyridine rings is 1. The van der Waals surface area contributed by atoms with E-state index in [0.717, 1.165) is 39.4 Å². The van der Waals surface area contributed by atoms with Gasteiger partial charge in [-0.3, -0.25) is 5.41 Å². The first-order valence-electron chi connectivity index (χ1n) is 7.63. The number of amidine groups is 1. The highest BCUT2D eigenvalue weighted by Crippen LogP contribution is 2.19. The van der Waals surface area contributed by atoms with Gasteiger partial charge in [0.25, 0.3) is 0 Å². The van der Waals surface area contributed by atoms with Crippen molar-refractivity contribution in [2.45, 2.75) is 13.3 Å². The first-order chi connectivity index (χ1) is 11.5. The molecule has 0 spiro atoms. The summed E-state index contributed by atoms with van der Waals surface area (Å²) in [5.41, 5.74) is 10.8. The van der Waals surface area contributed by atoms with E-state index in [-0.39, 0.29) is 5.84 Å². The maximum atomic E-state index is 7.53. The van der Waals surface area contributed by atoms with Crippen molar-refractivity contribution < 1.29 is 0 Å². The third kappa shape index (κ3) is 2.21. The molecule has 1 aromatic carbocycles. The van der Waals surface area contributed by atoms with Crippen LogP contribution >= 0.6 is 0 Å². The lowest BCUT2D eigenvalue weighted by molar-refractivity contribution is 0.817. The third-order valence-electron chi connectivity index (χ3n) is 4.22. The second kappa shape index (κ2) is 5.16. The molecule has 0 aliphatic carbocycles. The minimum Gasteiger partial charge on any atom is -0.384 e. The highest BCUT2D eigenvalue weighted by Gasteiger charge is 2.13. The highest BCUT2D eigenvalue weighted by molar-refractivity contribution is 5.97. The SMILES string of the molecule is Cc1ccnc2c1nc(Cc1nc3cc(C(=N)N)ccc3[nH]1)n2C. The van der Waals surface area contributed by atoms with Crippen LogP contribution in [0.15, 0.2) is 30.5 Å². The maximum Gasteiger partial charge on any atom is 0.160 e. The average Bonchev–Trinajstić information content (AvgIpc) is 3.09. The van der Waals surface area contributed by atoms with Crippen molar-refractivity contribution in [1.29, 1.82) is 5.41 Å². The molecule has 0 atom stereocenters. The lowest BCUT2D eigenvalue weighted by Crippen LogP contribution is -2.10. The smallest absolute Gasteiger partial charge is 0.160 e. The number of hydrogen-bond acceptors (Lipinski definition) is 4. The molecule has 0 saturated carbocycles. The van der Waals surface area contributed by atoms with Gasteiger partial charge < -0.3 is 15.3 Å². The number of nitrogens with zero attached hydrogens (tertiary/aromatic N) is 4. The molecule has 0 amide bonds. The van der Waals surface area contributed by atoms with Crippen molar-refractivity contribution in [3.05, 3.63) is 53.2 Å². The number of imidazole rings is 2. The summed E-state index contributed by atoms with van der Waals surface area (Å²) in [6, 6.07) is 7.49. The summed E-state index contributed by atoms with van der Waals surface area (Å²) >= 11 is 0. The van der Waals surface area contributed by atoms with Crippen LogP contribution in [0.3, 0.4) is 0 Å². The molecule has 0 aliphatic rings. The van der Waals surface area contributed by atoms with Crippen LogP contribution in [0.5, 0.6) is 0 Å². The van der Waals surface area contributed by atoms with Crippen LogP contribution < -0.4 is 5.73 Å². The molecule has 24 heavy (non-hydrogen) atoms. The monoisotopic (exact) mass is 319 g/mol. The zero-order valence-corrected chi connectivity index (χ0v) is 13.5. The highest BCUT2D eigenvalue weighted by atomic mass is 15.1. The van der Waals surface area contributed by atoms with Crippen molar-refractivity contribution >= 4 is 28.0 Å². The molecule has 4 aromatic rings. The zero-order valence-electron chi connectivity index (χ0n) is 13.5. The fourth-order valence-electron chi connectivity index (χ4n) is 2.86. The van der Waals surface area contributed by atoms with Crippen LogP contribution in [0.2, 0.25) is 0 Å². The Morgan fingerprint density at radius 1 is 1.29 bits per heavy atom. The molecular weight excluding hydrogens is 302 g/mol. The Balaban J connectivity index is 1.75. The molecule has 4 rings (SSSR count). The van der Waals surface area contributed by atoms with Gasteiger partial charge in [0, 0.05) is 18.8 Å². The Hall–Kier alpha value is -3.22. The molecule has 0 saturated heterocycles. The molecule has 120 valence electrons. The number of fused-ring (bicyclic) bond motifs is 2. The first kappa shape index (κ1) is 14.4. The number of nitrogens with one attached hydrogen (secondary N) is 2. The second-order valence-corrected chi connectivity index (χ2v) is 5.89. The van der Waals surface area contributed by atoms with Crippen LogP contribution in [0.1, 0.15) is 22.8 Å². The Kier molecular flexibility index (Phi) is 3.09. The van der Waals surface area contributed by atoms with E-state index in [1.54, 1.807) is 6.20 Å². The van der Waals surface area contributed by atoms with Gasteiger partial charge in [0.15, 0.2) is 5.65 Å². The van der Waals surface area contributed by atoms with Crippen LogP contribution in [-0.2, 0) is 13.5 Å². The number of nitrogens with two attached hydrogens (primary N) is 1. The summed E-state index contributed by atoms with van der Waals surface area (Å²) in [5, 5.41) is 7.53. The fourth-order valence-corrected chi connectivity index (χ4v) is 2.86. The number of aryl methyl sites for hydroxylation is 2. The van der Waals surface area contributed by atoms with Gasteiger partial charge in [-0.2, -0.15) is 0 Å². The van der Waals surface area contributed by atoms with Crippen LogP contribution in [0, 0.1) is 12.3 Å². The van der Waals surface area contributed by atoms with E-state index in [9.17, 15) is 0 Å². The molecular formula is C17H17N7. The standard InChI is InChI=1S/C17H17N7/c1-9-5-6-20-17-15(9)23-14(24(17)2)8-13-21-11-4-3-10(16(18)19)7-12(11)22-13/h3-7H,8H2,1-2H3,(H3,18,19)(H,21,22). The minimum atomic E-state index is 0.0401. The minimum absolute atomic E-state index is 0.0401. The Bertz CT molecular complexity index is 1090. The molecule has 0 unspecified atom stereocenters. The van der Waals surface area contributed by atoms with E-state index in [2.05, 4.69) is 15.0 Å². The van der Waals surface area contributed by atoms with Crippen LogP contribution in [0.25, 0.3) is 22.2 Å². The van der Waals surface area contributed by atoms with E-state index in [4.69, 9.17) is 16.1 Å². The Morgan fingerprint density at radius 2 is 2.12 bits per heavy atom. The maximum absolute atomic E-state index is 7.53. The van der Waals surface area contributed by atoms with Crippen LogP contribution in [0.4, 0.5) is 0 Å². The third-order valence-corrected chi connectivity index (χ3v) is 4.22. The summed E-state index contributed by atoms with van der Waals surface area (Å²) < 4.78 is 2.00. The van der Waals surface area contributed by atoms with E-state index in [0.29, 0.717) is 12.0 Å². The van der Waals surface area contributed by atoms with E-state index >= 15 is 0 Å². The number of aromatic amines is 1. The molecule has 0 radical (unpaired) electrons. The Morgan fingerprint density at radius 3 is 2.88 bits per heavy atom. The largest absolute Gasteiger partial charge is 0.384 e. The number of rotatable bonds is 3. The molecule has 0 aliphatic heterocycles. The lowest BCUT2D eigenvalue weighted by atomic mass is 10.2. The van der Waals surface area contributed by atoms with Gasteiger partial charge >= 0.3 is 0 Å². The molecule has 3 heterocycles. The van der Waals surface area contributed by atoms with Crippen molar-refractivity contribution in [2.24, 2.45) is 12.8 Å². The van der Waals surface area contributed by atoms with Gasteiger partial charge in [0.05, 0.1) is 17.5 Å². The van der Waals surface area contributed by atoms with E-state index < -0.39 is 0 Å².